The average molecular weight is 322 g/mol. The van der Waals surface area contributed by atoms with Gasteiger partial charge in [0.15, 0.2) is 0 Å². The number of benzene rings is 2. The topological polar surface area (TPSA) is 91.0 Å². The zero-order chi connectivity index (χ0) is 15.8. The maximum absolute atomic E-state index is 5.95. The second kappa shape index (κ2) is 5.48. The van der Waals surface area contributed by atoms with Crippen LogP contribution < -0.4 is 11.5 Å². The molecule has 0 saturated heterocycles. The lowest BCUT2D eigenvalue weighted by Gasteiger charge is -2.04. The number of aromatic nitrogens is 2. The molecular weight excluding hydrogens is 308 g/mol. The van der Waals surface area contributed by atoms with Gasteiger partial charge in [0.25, 0.3) is 0 Å². The Morgan fingerprint density at radius 2 is 1.83 bits per heavy atom. The summed E-state index contributed by atoms with van der Waals surface area (Å²) in [5.41, 5.74) is 12.9. The minimum atomic E-state index is 0.123. The van der Waals surface area contributed by atoms with Crippen molar-refractivity contribution in [2.45, 2.75) is 10.6 Å². The van der Waals surface area contributed by atoms with E-state index in [1.54, 1.807) is 18.0 Å². The van der Waals surface area contributed by atoms with E-state index in [1.165, 1.54) is 15.7 Å². The predicted octanol–water partition coefficient (Wildman–Crippen LogP) is 3.83. The zero-order valence-electron chi connectivity index (χ0n) is 12.2. The Bertz CT molecular complexity index is 1010. The Hall–Kier alpha value is -2.73. The summed E-state index contributed by atoms with van der Waals surface area (Å²) < 4.78 is 5.44. The van der Waals surface area contributed by atoms with Crippen LogP contribution in [0.5, 0.6) is 0 Å². The summed E-state index contributed by atoms with van der Waals surface area (Å²) >= 11 is 1.72. The molecular formula is C17H14N4OS. The maximum Gasteiger partial charge on any atom is 0.233 e. The van der Waals surface area contributed by atoms with Crippen molar-refractivity contribution in [1.82, 2.24) is 9.97 Å². The van der Waals surface area contributed by atoms with Crippen LogP contribution in [-0.2, 0) is 5.75 Å². The van der Waals surface area contributed by atoms with E-state index in [4.69, 9.17) is 15.9 Å². The molecule has 0 aliphatic rings. The molecule has 0 aliphatic heterocycles. The number of fused-ring (bicyclic) bond motifs is 2. The summed E-state index contributed by atoms with van der Waals surface area (Å²) in [4.78, 5) is 9.26. The molecule has 0 amide bonds. The minimum Gasteiger partial charge on any atom is -0.446 e. The van der Waals surface area contributed by atoms with E-state index < -0.39 is 0 Å². The van der Waals surface area contributed by atoms with Crippen LogP contribution in [0.15, 0.2) is 58.0 Å². The van der Waals surface area contributed by atoms with Crippen molar-refractivity contribution in [2.75, 3.05) is 11.5 Å². The monoisotopic (exact) mass is 322 g/mol. The molecule has 0 atom stereocenters. The average Bonchev–Trinajstić information content (AvgIpc) is 2.96. The van der Waals surface area contributed by atoms with Gasteiger partial charge in [0.2, 0.25) is 11.7 Å². The molecule has 2 aromatic heterocycles. The molecule has 4 aromatic rings. The first-order valence-corrected chi connectivity index (χ1v) is 8.10. The highest BCUT2D eigenvalue weighted by atomic mass is 32.2. The SMILES string of the molecule is Nc1nc(N)c2c(CSc3ccc4ccccc4c3)coc2n1. The van der Waals surface area contributed by atoms with Gasteiger partial charge in [0.05, 0.1) is 11.6 Å². The van der Waals surface area contributed by atoms with Gasteiger partial charge in [0.1, 0.15) is 5.82 Å². The van der Waals surface area contributed by atoms with Crippen LogP contribution in [0.3, 0.4) is 0 Å². The van der Waals surface area contributed by atoms with Crippen molar-refractivity contribution in [2.24, 2.45) is 0 Å². The molecule has 0 unspecified atom stereocenters. The quantitative estimate of drug-likeness (QED) is 0.557. The van der Waals surface area contributed by atoms with Crippen molar-refractivity contribution in [3.05, 3.63) is 54.3 Å². The number of furan rings is 1. The highest BCUT2D eigenvalue weighted by Gasteiger charge is 2.13. The highest BCUT2D eigenvalue weighted by Crippen LogP contribution is 2.32. The van der Waals surface area contributed by atoms with Crippen LogP contribution in [0.2, 0.25) is 0 Å². The van der Waals surface area contributed by atoms with Gasteiger partial charge in [-0.05, 0) is 22.9 Å². The number of anilines is 2. The molecule has 0 saturated carbocycles. The molecule has 2 heterocycles. The lowest BCUT2D eigenvalue weighted by molar-refractivity contribution is 0.600. The number of nitrogen functional groups attached to an aromatic ring is 2. The predicted molar refractivity (Wildman–Crippen MR) is 94.1 cm³/mol. The van der Waals surface area contributed by atoms with Crippen LogP contribution in [0.1, 0.15) is 5.56 Å². The van der Waals surface area contributed by atoms with E-state index in [0.29, 0.717) is 11.5 Å². The molecule has 6 heteroatoms. The van der Waals surface area contributed by atoms with Crippen molar-refractivity contribution in [1.29, 1.82) is 0 Å². The third-order valence-electron chi connectivity index (χ3n) is 3.67. The molecule has 0 bridgehead atoms. The van der Waals surface area contributed by atoms with E-state index in [9.17, 15) is 0 Å². The number of thioether (sulfide) groups is 1. The Morgan fingerprint density at radius 1 is 1.00 bits per heavy atom. The lowest BCUT2D eigenvalue weighted by Crippen LogP contribution is -1.99. The van der Waals surface area contributed by atoms with Crippen LogP contribution in [0.4, 0.5) is 11.8 Å². The van der Waals surface area contributed by atoms with Crippen LogP contribution in [0, 0.1) is 0 Å². The van der Waals surface area contributed by atoms with Gasteiger partial charge in [-0.25, -0.2) is 0 Å². The van der Waals surface area contributed by atoms with Gasteiger partial charge in [0, 0.05) is 16.2 Å². The van der Waals surface area contributed by atoms with Gasteiger partial charge in [-0.15, -0.1) is 11.8 Å². The maximum atomic E-state index is 5.95. The molecule has 2 aromatic carbocycles. The van der Waals surface area contributed by atoms with Crippen LogP contribution in [0.25, 0.3) is 21.9 Å². The molecule has 23 heavy (non-hydrogen) atoms. The van der Waals surface area contributed by atoms with Crippen LogP contribution in [-0.4, -0.2) is 9.97 Å². The number of rotatable bonds is 3. The third-order valence-corrected chi connectivity index (χ3v) is 4.71. The largest absolute Gasteiger partial charge is 0.446 e. The van der Waals surface area contributed by atoms with E-state index in [1.807, 2.05) is 12.1 Å². The standard InChI is InChI=1S/C17H14N4OS/c18-15-14-12(8-22-16(14)21-17(19)20-15)9-23-13-6-5-10-3-1-2-4-11(10)7-13/h1-8H,9H2,(H4,18,19,20,21). The third kappa shape index (κ3) is 2.57. The molecule has 0 radical (unpaired) electrons. The first-order chi connectivity index (χ1) is 11.2. The second-order valence-corrected chi connectivity index (χ2v) is 6.25. The Balaban J connectivity index is 1.63. The minimum absolute atomic E-state index is 0.123. The Kier molecular flexibility index (Phi) is 3.31. The fourth-order valence-corrected chi connectivity index (χ4v) is 3.48. The molecule has 4 rings (SSSR count). The summed E-state index contributed by atoms with van der Waals surface area (Å²) in [6.45, 7) is 0. The molecule has 4 N–H and O–H groups in total. The van der Waals surface area contributed by atoms with Crippen molar-refractivity contribution in [3.8, 4) is 0 Å². The number of nitrogens with zero attached hydrogens (tertiary/aromatic N) is 2. The first-order valence-electron chi connectivity index (χ1n) is 7.11. The molecule has 0 aliphatic carbocycles. The second-order valence-electron chi connectivity index (χ2n) is 5.21. The lowest BCUT2D eigenvalue weighted by atomic mass is 10.1. The Labute approximate surface area is 136 Å². The Morgan fingerprint density at radius 3 is 2.70 bits per heavy atom. The fourth-order valence-electron chi connectivity index (χ4n) is 2.57. The zero-order valence-corrected chi connectivity index (χ0v) is 13.0. The van der Waals surface area contributed by atoms with E-state index in [0.717, 1.165) is 16.7 Å². The first kappa shape index (κ1) is 13.9. The van der Waals surface area contributed by atoms with Crippen molar-refractivity contribution < 1.29 is 4.42 Å². The molecule has 0 spiro atoms. The van der Waals surface area contributed by atoms with Gasteiger partial charge in [-0.3, -0.25) is 0 Å². The molecule has 5 nitrogen and oxygen atoms in total. The highest BCUT2D eigenvalue weighted by molar-refractivity contribution is 7.98. The molecule has 114 valence electrons. The van der Waals surface area contributed by atoms with Gasteiger partial charge < -0.3 is 15.9 Å². The van der Waals surface area contributed by atoms with Crippen molar-refractivity contribution >= 4 is 45.4 Å². The van der Waals surface area contributed by atoms with E-state index in [2.05, 4.69) is 40.3 Å². The molecule has 0 fully saturated rings. The smallest absolute Gasteiger partial charge is 0.233 e. The summed E-state index contributed by atoms with van der Waals surface area (Å²) in [6.07, 6.45) is 1.67. The summed E-state index contributed by atoms with van der Waals surface area (Å²) in [5.74, 6) is 1.21. The summed E-state index contributed by atoms with van der Waals surface area (Å²) in [7, 11) is 0. The van der Waals surface area contributed by atoms with E-state index >= 15 is 0 Å². The number of hydrogen-bond acceptors (Lipinski definition) is 6. The fraction of sp³-hybridized carbons (Fsp3) is 0.0588. The number of hydrogen-bond donors (Lipinski definition) is 2. The van der Waals surface area contributed by atoms with Gasteiger partial charge in [-0.2, -0.15) is 9.97 Å². The normalized spacial score (nSPS) is 11.3. The van der Waals surface area contributed by atoms with Crippen molar-refractivity contribution in [3.63, 3.8) is 0 Å². The van der Waals surface area contributed by atoms with Crippen LogP contribution >= 0.6 is 11.8 Å². The van der Waals surface area contributed by atoms with Gasteiger partial charge >= 0.3 is 0 Å². The summed E-state index contributed by atoms with van der Waals surface area (Å²) in [5, 5.41) is 3.20. The summed E-state index contributed by atoms with van der Waals surface area (Å²) in [6, 6.07) is 14.7. The number of nitrogens with two attached hydrogens (primary N) is 2. The van der Waals surface area contributed by atoms with E-state index in [-0.39, 0.29) is 5.95 Å². The van der Waals surface area contributed by atoms with Gasteiger partial charge in [-0.1, -0.05) is 30.3 Å².